The van der Waals surface area contributed by atoms with Crippen LogP contribution in [0.1, 0.15) is 49.7 Å². The maximum Gasteiger partial charge on any atom is 0.0253 e. The maximum absolute atomic E-state index is 7.78. The van der Waals surface area contributed by atoms with Gasteiger partial charge in [-0.1, -0.05) is 47.6 Å². The summed E-state index contributed by atoms with van der Waals surface area (Å²) >= 11 is 0. The van der Waals surface area contributed by atoms with Gasteiger partial charge in [0.1, 0.15) is 0 Å². The Bertz CT molecular complexity index is 639. The molecule has 0 saturated heterocycles. The van der Waals surface area contributed by atoms with E-state index < -0.39 is 0 Å². The van der Waals surface area contributed by atoms with E-state index in [1.54, 1.807) is 5.57 Å². The zero-order chi connectivity index (χ0) is 16.4. The summed E-state index contributed by atoms with van der Waals surface area (Å²) in [6.07, 6.45) is 11.1. The van der Waals surface area contributed by atoms with Crippen molar-refractivity contribution in [3.05, 3.63) is 58.7 Å². The van der Waals surface area contributed by atoms with Gasteiger partial charge in [-0.2, -0.15) is 0 Å². The van der Waals surface area contributed by atoms with E-state index >= 15 is 0 Å². The molecule has 2 aliphatic rings. The molecule has 1 fully saturated rings. The van der Waals surface area contributed by atoms with Gasteiger partial charge in [-0.25, -0.2) is 0 Å². The minimum absolute atomic E-state index is 0.527. The van der Waals surface area contributed by atoms with E-state index in [2.05, 4.69) is 56.3 Å². The number of nitrogens with one attached hydrogen (secondary N) is 1. The SMILES string of the molecule is CC1=CCC(C2CCC(N(C)C)CC2c2ccccc2C=N)=C1. The summed E-state index contributed by atoms with van der Waals surface area (Å²) in [5.74, 6) is 1.15. The molecule has 1 aromatic rings. The third-order valence-corrected chi connectivity index (χ3v) is 5.65. The van der Waals surface area contributed by atoms with Crippen LogP contribution < -0.4 is 0 Å². The lowest BCUT2D eigenvalue weighted by Crippen LogP contribution is -2.36. The van der Waals surface area contributed by atoms with Crippen molar-refractivity contribution in [2.75, 3.05) is 14.1 Å². The van der Waals surface area contributed by atoms with Crippen molar-refractivity contribution < 1.29 is 0 Å². The molecule has 2 nitrogen and oxygen atoms in total. The van der Waals surface area contributed by atoms with E-state index in [1.165, 1.54) is 36.6 Å². The Balaban J connectivity index is 1.95. The lowest BCUT2D eigenvalue weighted by molar-refractivity contribution is 0.184. The molecule has 0 aliphatic heterocycles. The molecule has 3 unspecified atom stereocenters. The summed E-state index contributed by atoms with van der Waals surface area (Å²) in [6.45, 7) is 2.21. The molecule has 1 saturated carbocycles. The molecule has 0 radical (unpaired) electrons. The molecule has 1 N–H and O–H groups in total. The molecule has 0 bridgehead atoms. The number of rotatable bonds is 4. The second-order valence-corrected chi connectivity index (χ2v) is 7.29. The molecule has 0 amide bonds. The lowest BCUT2D eigenvalue weighted by atomic mass is 9.69. The molecule has 0 spiro atoms. The van der Waals surface area contributed by atoms with Crippen LogP contribution in [0.25, 0.3) is 0 Å². The Morgan fingerprint density at radius 2 is 1.91 bits per heavy atom. The Morgan fingerprint density at radius 1 is 1.13 bits per heavy atom. The highest BCUT2D eigenvalue weighted by Crippen LogP contribution is 2.45. The second-order valence-electron chi connectivity index (χ2n) is 7.29. The van der Waals surface area contributed by atoms with Gasteiger partial charge in [0.15, 0.2) is 0 Å². The van der Waals surface area contributed by atoms with Gasteiger partial charge in [-0.15, -0.1) is 0 Å². The quantitative estimate of drug-likeness (QED) is 0.797. The van der Waals surface area contributed by atoms with Gasteiger partial charge in [0.2, 0.25) is 0 Å². The van der Waals surface area contributed by atoms with Crippen LogP contribution >= 0.6 is 0 Å². The number of allylic oxidation sites excluding steroid dienone is 4. The largest absolute Gasteiger partial charge is 0.308 e. The molecular formula is C21H28N2. The first-order valence-electron chi connectivity index (χ1n) is 8.73. The predicted molar refractivity (Wildman–Crippen MR) is 98.3 cm³/mol. The normalized spacial score (nSPS) is 27.7. The summed E-state index contributed by atoms with van der Waals surface area (Å²) in [5, 5.41) is 7.78. The van der Waals surface area contributed by atoms with E-state index in [4.69, 9.17) is 5.41 Å². The number of benzene rings is 1. The summed E-state index contributed by atoms with van der Waals surface area (Å²) in [6, 6.07) is 9.15. The average molecular weight is 308 g/mol. The smallest absolute Gasteiger partial charge is 0.0253 e. The number of hydrogen-bond donors (Lipinski definition) is 1. The van der Waals surface area contributed by atoms with Gasteiger partial charge >= 0.3 is 0 Å². The summed E-state index contributed by atoms with van der Waals surface area (Å²) in [7, 11) is 4.40. The Hall–Kier alpha value is -1.67. The van der Waals surface area contributed by atoms with E-state index in [1.807, 2.05) is 6.07 Å². The standard InChI is InChI=1S/C21H28N2/c1-15-8-9-16(12-15)20-11-10-18(23(2)3)13-21(20)19-7-5-4-6-17(19)14-22/h4-8,12,14,18,20-22H,9-11,13H2,1-3H3. The second kappa shape index (κ2) is 6.84. The van der Waals surface area contributed by atoms with Crippen LogP contribution in [0.2, 0.25) is 0 Å². The van der Waals surface area contributed by atoms with E-state index in [9.17, 15) is 0 Å². The Kier molecular flexibility index (Phi) is 4.82. The zero-order valence-electron chi connectivity index (χ0n) is 14.5. The van der Waals surface area contributed by atoms with Crippen LogP contribution in [-0.4, -0.2) is 31.3 Å². The molecule has 2 heteroatoms. The predicted octanol–water partition coefficient (Wildman–Crippen LogP) is 4.77. The molecule has 23 heavy (non-hydrogen) atoms. The van der Waals surface area contributed by atoms with Gasteiger partial charge in [0.25, 0.3) is 0 Å². The minimum Gasteiger partial charge on any atom is -0.308 e. The first-order chi connectivity index (χ1) is 11.1. The van der Waals surface area contributed by atoms with Crippen LogP contribution in [-0.2, 0) is 0 Å². The van der Waals surface area contributed by atoms with Gasteiger partial charge in [0.05, 0.1) is 0 Å². The Morgan fingerprint density at radius 3 is 2.57 bits per heavy atom. The topological polar surface area (TPSA) is 27.1 Å². The van der Waals surface area contributed by atoms with E-state index in [-0.39, 0.29) is 0 Å². The summed E-state index contributed by atoms with van der Waals surface area (Å²) in [5.41, 5.74) is 5.47. The van der Waals surface area contributed by atoms with Gasteiger partial charge in [-0.3, -0.25) is 0 Å². The first kappa shape index (κ1) is 16.2. The lowest BCUT2D eigenvalue weighted by Gasteiger charge is -2.40. The monoisotopic (exact) mass is 308 g/mol. The van der Waals surface area contributed by atoms with E-state index in [0.717, 1.165) is 12.0 Å². The molecular weight excluding hydrogens is 280 g/mol. The summed E-state index contributed by atoms with van der Waals surface area (Å²) < 4.78 is 0. The fourth-order valence-electron chi connectivity index (χ4n) is 4.33. The molecule has 3 rings (SSSR count). The highest BCUT2D eigenvalue weighted by atomic mass is 15.1. The summed E-state index contributed by atoms with van der Waals surface area (Å²) in [4.78, 5) is 2.38. The zero-order valence-corrected chi connectivity index (χ0v) is 14.5. The molecule has 0 heterocycles. The maximum atomic E-state index is 7.78. The van der Waals surface area contributed by atoms with Gasteiger partial charge in [-0.05, 0) is 69.7 Å². The van der Waals surface area contributed by atoms with Crippen molar-refractivity contribution in [1.82, 2.24) is 4.90 Å². The van der Waals surface area contributed by atoms with Crippen LogP contribution in [0.4, 0.5) is 0 Å². The van der Waals surface area contributed by atoms with Crippen LogP contribution in [0.3, 0.4) is 0 Å². The third-order valence-electron chi connectivity index (χ3n) is 5.65. The Labute approximate surface area is 140 Å². The molecule has 3 atom stereocenters. The highest BCUT2D eigenvalue weighted by molar-refractivity contribution is 5.79. The molecule has 122 valence electrons. The van der Waals surface area contributed by atoms with Gasteiger partial charge in [0, 0.05) is 12.3 Å². The van der Waals surface area contributed by atoms with Crippen molar-refractivity contribution in [3.63, 3.8) is 0 Å². The van der Waals surface area contributed by atoms with E-state index in [0.29, 0.717) is 17.9 Å². The average Bonchev–Trinajstić information content (AvgIpc) is 3.00. The van der Waals surface area contributed by atoms with Crippen LogP contribution in [0.15, 0.2) is 47.6 Å². The highest BCUT2D eigenvalue weighted by Gasteiger charge is 2.35. The van der Waals surface area contributed by atoms with Crippen molar-refractivity contribution >= 4 is 6.21 Å². The first-order valence-corrected chi connectivity index (χ1v) is 8.73. The third kappa shape index (κ3) is 3.32. The van der Waals surface area contributed by atoms with Gasteiger partial charge < -0.3 is 10.3 Å². The van der Waals surface area contributed by atoms with Crippen molar-refractivity contribution in [2.45, 2.75) is 44.6 Å². The minimum atomic E-state index is 0.527. The molecule has 2 aliphatic carbocycles. The number of nitrogens with zero attached hydrogens (tertiary/aromatic N) is 1. The van der Waals surface area contributed by atoms with Crippen molar-refractivity contribution in [3.8, 4) is 0 Å². The fraction of sp³-hybridized carbons (Fsp3) is 0.476. The van der Waals surface area contributed by atoms with Crippen LogP contribution in [0, 0.1) is 11.3 Å². The molecule has 0 aromatic heterocycles. The number of hydrogen-bond acceptors (Lipinski definition) is 2. The van der Waals surface area contributed by atoms with Crippen LogP contribution in [0.5, 0.6) is 0 Å². The molecule has 1 aromatic carbocycles. The van der Waals surface area contributed by atoms with Crippen molar-refractivity contribution in [1.29, 1.82) is 5.41 Å². The fourth-order valence-corrected chi connectivity index (χ4v) is 4.33. The van der Waals surface area contributed by atoms with Crippen molar-refractivity contribution in [2.24, 2.45) is 5.92 Å².